The van der Waals surface area contributed by atoms with Gasteiger partial charge in [-0.15, -0.1) is 10.2 Å². The highest BCUT2D eigenvalue weighted by Gasteiger charge is 2.14. The molecular weight excluding hydrogens is 317 g/mol. The highest BCUT2D eigenvalue weighted by Crippen LogP contribution is 2.29. The van der Waals surface area contributed by atoms with E-state index in [2.05, 4.69) is 10.2 Å². The monoisotopic (exact) mass is 323 g/mol. The minimum absolute atomic E-state index is 0.266. The van der Waals surface area contributed by atoms with E-state index in [4.69, 9.17) is 34.8 Å². The summed E-state index contributed by atoms with van der Waals surface area (Å²) < 4.78 is 1.72. The lowest BCUT2D eigenvalue weighted by Gasteiger charge is -2.08. The standard InChI is InChI=1S/C14H8Cl3N3/c15-11-7-6-10(8-12(11)16)20-13(18-19-14(20)17)9-4-2-1-3-5-9/h1-8H. The van der Waals surface area contributed by atoms with E-state index in [9.17, 15) is 0 Å². The molecular formula is C14H8Cl3N3. The first kappa shape index (κ1) is 13.4. The van der Waals surface area contributed by atoms with Gasteiger partial charge in [0.25, 0.3) is 0 Å². The molecule has 0 amide bonds. The first-order valence-electron chi connectivity index (χ1n) is 5.78. The zero-order chi connectivity index (χ0) is 14.1. The summed E-state index contributed by atoms with van der Waals surface area (Å²) in [6.07, 6.45) is 0. The van der Waals surface area contributed by atoms with Crippen molar-refractivity contribution in [2.24, 2.45) is 0 Å². The van der Waals surface area contributed by atoms with Gasteiger partial charge >= 0.3 is 0 Å². The Morgan fingerprint density at radius 3 is 2.25 bits per heavy atom. The van der Waals surface area contributed by atoms with Crippen molar-refractivity contribution in [3.8, 4) is 17.1 Å². The van der Waals surface area contributed by atoms with E-state index in [1.54, 1.807) is 16.7 Å². The fourth-order valence-corrected chi connectivity index (χ4v) is 2.40. The molecule has 6 heteroatoms. The van der Waals surface area contributed by atoms with Crippen LogP contribution in [0.3, 0.4) is 0 Å². The minimum Gasteiger partial charge on any atom is -0.266 e. The molecule has 1 aromatic heterocycles. The van der Waals surface area contributed by atoms with Crippen molar-refractivity contribution in [3.05, 3.63) is 63.9 Å². The van der Waals surface area contributed by atoms with Gasteiger partial charge in [-0.2, -0.15) is 0 Å². The summed E-state index contributed by atoms with van der Waals surface area (Å²) in [5, 5.41) is 9.25. The third-order valence-electron chi connectivity index (χ3n) is 2.82. The highest BCUT2D eigenvalue weighted by atomic mass is 35.5. The predicted molar refractivity (Wildman–Crippen MR) is 81.8 cm³/mol. The maximum absolute atomic E-state index is 6.13. The van der Waals surface area contributed by atoms with Crippen LogP contribution in [0.5, 0.6) is 0 Å². The average Bonchev–Trinajstić information content (AvgIpc) is 2.85. The van der Waals surface area contributed by atoms with Gasteiger partial charge in [0.2, 0.25) is 5.28 Å². The Morgan fingerprint density at radius 1 is 0.800 bits per heavy atom. The Balaban J connectivity index is 2.19. The van der Waals surface area contributed by atoms with E-state index in [0.29, 0.717) is 15.9 Å². The van der Waals surface area contributed by atoms with Gasteiger partial charge in [-0.1, -0.05) is 53.5 Å². The largest absolute Gasteiger partial charge is 0.266 e. The van der Waals surface area contributed by atoms with Crippen LogP contribution in [-0.2, 0) is 0 Å². The maximum atomic E-state index is 6.13. The zero-order valence-corrected chi connectivity index (χ0v) is 12.4. The summed E-state index contributed by atoms with van der Waals surface area (Å²) in [6.45, 7) is 0. The van der Waals surface area contributed by atoms with E-state index in [-0.39, 0.29) is 5.28 Å². The molecule has 3 nitrogen and oxygen atoms in total. The smallest absolute Gasteiger partial charge is 0.229 e. The summed E-state index contributed by atoms with van der Waals surface area (Å²) in [5.41, 5.74) is 1.67. The fourth-order valence-electron chi connectivity index (χ4n) is 1.89. The summed E-state index contributed by atoms with van der Waals surface area (Å²) in [4.78, 5) is 0. The number of halogens is 3. The maximum Gasteiger partial charge on any atom is 0.229 e. The Hall–Kier alpha value is -1.55. The number of hydrogen-bond acceptors (Lipinski definition) is 2. The van der Waals surface area contributed by atoms with E-state index in [0.717, 1.165) is 11.3 Å². The molecule has 0 saturated heterocycles. The van der Waals surface area contributed by atoms with E-state index >= 15 is 0 Å². The van der Waals surface area contributed by atoms with Crippen LogP contribution in [-0.4, -0.2) is 14.8 Å². The van der Waals surface area contributed by atoms with Crippen LogP contribution in [0.15, 0.2) is 48.5 Å². The Bertz CT molecular complexity index is 754. The molecule has 0 fully saturated rings. The summed E-state index contributed by atoms with van der Waals surface area (Å²) >= 11 is 18.1. The van der Waals surface area contributed by atoms with Crippen molar-refractivity contribution in [2.45, 2.75) is 0 Å². The Kier molecular flexibility index (Phi) is 3.66. The molecule has 0 bridgehead atoms. The number of aromatic nitrogens is 3. The van der Waals surface area contributed by atoms with E-state index in [1.807, 2.05) is 36.4 Å². The third kappa shape index (κ3) is 2.40. The topological polar surface area (TPSA) is 30.7 Å². The van der Waals surface area contributed by atoms with Crippen molar-refractivity contribution < 1.29 is 0 Å². The molecule has 3 rings (SSSR count). The number of hydrogen-bond donors (Lipinski definition) is 0. The van der Waals surface area contributed by atoms with Gasteiger partial charge in [0.05, 0.1) is 15.7 Å². The SMILES string of the molecule is Clc1ccc(-n2c(Cl)nnc2-c2ccccc2)cc1Cl. The molecule has 2 aromatic carbocycles. The number of benzene rings is 2. The number of nitrogens with zero attached hydrogens (tertiary/aromatic N) is 3. The second kappa shape index (κ2) is 5.44. The minimum atomic E-state index is 0.266. The predicted octanol–water partition coefficient (Wildman–Crippen LogP) is 4.89. The van der Waals surface area contributed by atoms with Crippen LogP contribution >= 0.6 is 34.8 Å². The van der Waals surface area contributed by atoms with Gasteiger partial charge in [0.1, 0.15) is 0 Å². The van der Waals surface area contributed by atoms with Crippen molar-refractivity contribution in [2.75, 3.05) is 0 Å². The van der Waals surface area contributed by atoms with Crippen LogP contribution < -0.4 is 0 Å². The second-order valence-corrected chi connectivity index (χ2v) is 5.24. The molecule has 0 N–H and O–H groups in total. The lowest BCUT2D eigenvalue weighted by atomic mass is 10.2. The van der Waals surface area contributed by atoms with E-state index < -0.39 is 0 Å². The van der Waals surface area contributed by atoms with Gasteiger partial charge in [0.15, 0.2) is 5.82 Å². The molecule has 20 heavy (non-hydrogen) atoms. The highest BCUT2D eigenvalue weighted by molar-refractivity contribution is 6.42. The van der Waals surface area contributed by atoms with Gasteiger partial charge in [0, 0.05) is 5.56 Å². The first-order valence-corrected chi connectivity index (χ1v) is 6.92. The first-order chi connectivity index (χ1) is 9.66. The van der Waals surface area contributed by atoms with Crippen LogP contribution in [0, 0.1) is 0 Å². The Labute approximate surface area is 130 Å². The lowest BCUT2D eigenvalue weighted by Crippen LogP contribution is -1.97. The quantitative estimate of drug-likeness (QED) is 0.671. The van der Waals surface area contributed by atoms with Gasteiger partial charge in [-0.3, -0.25) is 4.57 Å². The molecule has 0 atom stereocenters. The molecule has 0 aliphatic rings. The average molecular weight is 325 g/mol. The van der Waals surface area contributed by atoms with Gasteiger partial charge in [-0.25, -0.2) is 0 Å². The van der Waals surface area contributed by atoms with Crippen LogP contribution in [0.4, 0.5) is 0 Å². The molecule has 0 unspecified atom stereocenters. The summed E-state index contributed by atoms with van der Waals surface area (Å²) in [7, 11) is 0. The molecule has 100 valence electrons. The van der Waals surface area contributed by atoms with Crippen molar-refractivity contribution in [1.29, 1.82) is 0 Å². The summed E-state index contributed by atoms with van der Waals surface area (Å²) in [6, 6.07) is 14.9. The summed E-state index contributed by atoms with van der Waals surface area (Å²) in [5.74, 6) is 0.647. The number of rotatable bonds is 2. The molecule has 0 aliphatic heterocycles. The van der Waals surface area contributed by atoms with Crippen molar-refractivity contribution >= 4 is 34.8 Å². The lowest BCUT2D eigenvalue weighted by molar-refractivity contribution is 1.06. The normalized spacial score (nSPS) is 10.8. The molecule has 0 saturated carbocycles. The molecule has 0 aliphatic carbocycles. The van der Waals surface area contributed by atoms with Crippen LogP contribution in [0.1, 0.15) is 0 Å². The fraction of sp³-hybridized carbons (Fsp3) is 0. The van der Waals surface area contributed by atoms with E-state index in [1.165, 1.54) is 0 Å². The molecule has 3 aromatic rings. The van der Waals surface area contributed by atoms with Gasteiger partial charge < -0.3 is 0 Å². The zero-order valence-electron chi connectivity index (χ0n) is 10.1. The van der Waals surface area contributed by atoms with Crippen molar-refractivity contribution in [3.63, 3.8) is 0 Å². The van der Waals surface area contributed by atoms with Crippen LogP contribution in [0.2, 0.25) is 15.3 Å². The van der Waals surface area contributed by atoms with Crippen LogP contribution in [0.25, 0.3) is 17.1 Å². The molecule has 0 spiro atoms. The second-order valence-electron chi connectivity index (χ2n) is 4.09. The Morgan fingerprint density at radius 2 is 1.55 bits per heavy atom. The van der Waals surface area contributed by atoms with Crippen molar-refractivity contribution in [1.82, 2.24) is 14.8 Å². The molecule has 1 heterocycles. The molecule has 0 radical (unpaired) electrons. The third-order valence-corrected chi connectivity index (χ3v) is 3.80. The van der Waals surface area contributed by atoms with Gasteiger partial charge in [-0.05, 0) is 29.8 Å².